The molecule has 0 aliphatic rings. The third-order valence-corrected chi connectivity index (χ3v) is 20.0. The Labute approximate surface area is 713 Å². The maximum Gasteiger partial charge on any atom is 2.00 e. The standard InChI is InChI=1S/5C18H36O2.4Mg/c5*1-2-3-4-5-6-7-8-9-10-11-12-13-14-15-16-17-18(19)20;;;;/h5*2-17H2,1H3,(H,19,20);;;;/q;;;;;4*+2. The maximum absolute atomic E-state index is 10.3. The minimum atomic E-state index is -0.653. The average molecular weight is 1520 g/mol. The first kappa shape index (κ1) is 123. The van der Waals surface area contributed by atoms with Gasteiger partial charge in [0.2, 0.25) is 0 Å². The molecule has 0 amide bonds. The second-order valence-corrected chi connectivity index (χ2v) is 30.5. The number of carboxylic acid groups (broad SMARTS) is 5. The van der Waals surface area contributed by atoms with E-state index < -0.39 is 29.8 Å². The van der Waals surface area contributed by atoms with E-state index in [9.17, 15) is 24.0 Å². The summed E-state index contributed by atoms with van der Waals surface area (Å²) in [5.74, 6) is -3.27. The van der Waals surface area contributed by atoms with Crippen molar-refractivity contribution in [2.24, 2.45) is 0 Å². The fourth-order valence-electron chi connectivity index (χ4n) is 13.2. The second kappa shape index (κ2) is 119. The number of rotatable bonds is 80. The van der Waals surface area contributed by atoms with E-state index in [4.69, 9.17) is 25.5 Å². The van der Waals surface area contributed by atoms with Gasteiger partial charge in [-0.3, -0.25) is 24.0 Å². The molecule has 0 bridgehead atoms. The SMILES string of the molecule is CCCCCCCCCCCCCCCCCC(=O)O.CCCCCCCCCCCCCCCCCC(=O)O.CCCCCCCCCCCCCCCCCC(=O)O.CCCCCCCCCCCCCCCCCC(=O)O.CCCCCCCCCCCCCCCCCC(=O)O.[Mg+2].[Mg+2].[Mg+2].[Mg+2]. The molecule has 0 aliphatic heterocycles. The molecule has 0 atom stereocenters. The molecule has 0 aromatic carbocycles. The number of hydrogen-bond donors (Lipinski definition) is 5. The topological polar surface area (TPSA) is 186 Å². The monoisotopic (exact) mass is 1520 g/mol. The molecule has 0 saturated heterocycles. The number of carbonyl (C=O) groups is 5. The fraction of sp³-hybridized carbons (Fsp3) is 0.944. The van der Waals surface area contributed by atoms with Gasteiger partial charge in [-0.05, 0) is 32.1 Å². The molecule has 0 radical (unpaired) electrons. The van der Waals surface area contributed by atoms with E-state index in [2.05, 4.69) is 34.6 Å². The van der Waals surface area contributed by atoms with Gasteiger partial charge in [0.05, 0.1) is 0 Å². The largest absolute Gasteiger partial charge is 2.00 e. The van der Waals surface area contributed by atoms with E-state index in [1.54, 1.807) is 0 Å². The van der Waals surface area contributed by atoms with Crippen LogP contribution >= 0.6 is 0 Å². The number of hydrogen-bond acceptors (Lipinski definition) is 5. The molecule has 0 fully saturated rings. The summed E-state index contributed by atoms with van der Waals surface area (Å²) in [4.78, 5) is 51.7. The zero-order valence-corrected chi connectivity index (χ0v) is 76.8. The van der Waals surface area contributed by atoms with Crippen LogP contribution in [-0.2, 0) is 24.0 Å². The molecule has 0 aromatic heterocycles. The van der Waals surface area contributed by atoms with Crippen LogP contribution in [0.5, 0.6) is 0 Å². The van der Waals surface area contributed by atoms with Crippen LogP contribution in [0.1, 0.15) is 548 Å². The van der Waals surface area contributed by atoms with Gasteiger partial charge in [0.15, 0.2) is 0 Å². The molecule has 0 saturated carbocycles. The first-order valence-corrected chi connectivity index (χ1v) is 44.9. The maximum atomic E-state index is 10.3. The van der Waals surface area contributed by atoms with Crippen LogP contribution in [-0.4, -0.2) is 148 Å². The van der Waals surface area contributed by atoms with Crippen molar-refractivity contribution in [2.45, 2.75) is 548 Å². The molecule has 0 rings (SSSR count). The Balaban J connectivity index is -0.000000153. The Bertz CT molecular complexity index is 1290. The van der Waals surface area contributed by atoms with E-state index in [1.165, 1.54) is 417 Å². The van der Waals surface area contributed by atoms with Crippen molar-refractivity contribution in [3.05, 3.63) is 0 Å². The van der Waals surface area contributed by atoms with Crippen molar-refractivity contribution in [1.82, 2.24) is 0 Å². The molecule has 0 aromatic rings. The number of unbranched alkanes of at least 4 members (excludes halogenated alkanes) is 70. The van der Waals surface area contributed by atoms with Gasteiger partial charge in [-0.2, -0.15) is 0 Å². The Kier molecular flexibility index (Phi) is 141. The van der Waals surface area contributed by atoms with Crippen LogP contribution in [0, 0.1) is 0 Å². The summed E-state index contributed by atoms with van der Waals surface area (Å²) >= 11 is 0. The molecule has 14 heteroatoms. The minimum absolute atomic E-state index is 0. The second-order valence-electron chi connectivity index (χ2n) is 30.5. The van der Waals surface area contributed by atoms with Gasteiger partial charge in [-0.1, -0.05) is 484 Å². The number of carboxylic acids is 5. The zero-order valence-electron chi connectivity index (χ0n) is 71.2. The summed E-state index contributed by atoms with van der Waals surface area (Å²) in [6.45, 7) is 11.4. The van der Waals surface area contributed by atoms with E-state index in [0.29, 0.717) is 32.1 Å². The molecule has 104 heavy (non-hydrogen) atoms. The van der Waals surface area contributed by atoms with E-state index in [-0.39, 0.29) is 92.2 Å². The van der Waals surface area contributed by atoms with E-state index in [1.807, 2.05) is 0 Å². The summed E-state index contributed by atoms with van der Waals surface area (Å²) in [6.07, 6.45) is 101. The summed E-state index contributed by atoms with van der Waals surface area (Å²) in [5, 5.41) is 42.6. The van der Waals surface area contributed by atoms with Crippen LogP contribution in [0.4, 0.5) is 0 Å². The molecular formula is C90H180Mg4O10+8. The van der Waals surface area contributed by atoms with E-state index in [0.717, 1.165) is 64.2 Å². The van der Waals surface area contributed by atoms with Gasteiger partial charge >= 0.3 is 122 Å². The molecular weight excluding hydrogens is 1340 g/mol. The Morgan fingerprint density at radius 2 is 0.183 bits per heavy atom. The first-order valence-electron chi connectivity index (χ1n) is 44.9. The van der Waals surface area contributed by atoms with E-state index >= 15 is 0 Å². The molecule has 0 aliphatic carbocycles. The van der Waals surface area contributed by atoms with Crippen molar-refractivity contribution < 1.29 is 49.5 Å². The number of aliphatic carboxylic acids is 5. The van der Waals surface area contributed by atoms with Gasteiger partial charge in [-0.15, -0.1) is 0 Å². The van der Waals surface area contributed by atoms with Gasteiger partial charge in [-0.25, -0.2) is 0 Å². The van der Waals surface area contributed by atoms with Gasteiger partial charge in [0.1, 0.15) is 0 Å². The molecule has 0 spiro atoms. The Morgan fingerprint density at radius 1 is 0.125 bits per heavy atom. The predicted molar refractivity (Wildman–Crippen MR) is 459 cm³/mol. The molecule has 5 N–H and O–H groups in total. The molecule has 10 nitrogen and oxygen atoms in total. The third-order valence-electron chi connectivity index (χ3n) is 20.0. The van der Waals surface area contributed by atoms with Crippen molar-refractivity contribution in [3.8, 4) is 0 Å². The third kappa shape index (κ3) is 144. The van der Waals surface area contributed by atoms with Crippen LogP contribution in [0.3, 0.4) is 0 Å². The fourth-order valence-corrected chi connectivity index (χ4v) is 13.2. The zero-order chi connectivity index (χ0) is 74.5. The normalized spacial score (nSPS) is 10.4. The van der Waals surface area contributed by atoms with Gasteiger partial charge in [0, 0.05) is 32.1 Å². The van der Waals surface area contributed by atoms with Crippen molar-refractivity contribution in [1.29, 1.82) is 0 Å². The molecule has 600 valence electrons. The van der Waals surface area contributed by atoms with Crippen LogP contribution in [0.25, 0.3) is 0 Å². The van der Waals surface area contributed by atoms with Crippen molar-refractivity contribution in [2.75, 3.05) is 0 Å². The Morgan fingerprint density at radius 3 is 0.240 bits per heavy atom. The Hall–Kier alpha value is 0.415. The molecule has 0 heterocycles. The minimum Gasteiger partial charge on any atom is -0.481 e. The summed E-state index contributed by atoms with van der Waals surface area (Å²) in [7, 11) is 0. The predicted octanol–water partition coefficient (Wildman–Crippen LogP) is 30.1. The quantitative estimate of drug-likeness (QED) is 0.0290. The van der Waals surface area contributed by atoms with Crippen molar-refractivity contribution in [3.63, 3.8) is 0 Å². The van der Waals surface area contributed by atoms with Gasteiger partial charge < -0.3 is 25.5 Å². The van der Waals surface area contributed by atoms with Crippen LogP contribution in [0.2, 0.25) is 0 Å². The van der Waals surface area contributed by atoms with Gasteiger partial charge in [0.25, 0.3) is 0 Å². The summed E-state index contributed by atoms with van der Waals surface area (Å²) < 4.78 is 0. The molecule has 0 unspecified atom stereocenters. The summed E-state index contributed by atoms with van der Waals surface area (Å²) in [6, 6.07) is 0. The van der Waals surface area contributed by atoms with Crippen LogP contribution < -0.4 is 0 Å². The first-order chi connectivity index (χ1) is 48.9. The smallest absolute Gasteiger partial charge is 0.481 e. The summed E-state index contributed by atoms with van der Waals surface area (Å²) in [5.41, 5.74) is 0. The van der Waals surface area contributed by atoms with Crippen LogP contribution in [0.15, 0.2) is 0 Å². The van der Waals surface area contributed by atoms with Crippen molar-refractivity contribution >= 4 is 122 Å². The average Bonchev–Trinajstić information content (AvgIpc) is 3.69.